The minimum atomic E-state index is 0.286. The Morgan fingerprint density at radius 3 is 2.50 bits per heavy atom. The van der Waals surface area contributed by atoms with Crippen molar-refractivity contribution < 1.29 is 9.47 Å². The summed E-state index contributed by atoms with van der Waals surface area (Å²) in [4.78, 5) is 13.7. The fourth-order valence-corrected chi connectivity index (χ4v) is 3.99. The fourth-order valence-electron chi connectivity index (χ4n) is 3.99. The van der Waals surface area contributed by atoms with Gasteiger partial charge in [-0.1, -0.05) is 37.6 Å². The lowest BCUT2D eigenvalue weighted by molar-refractivity contribution is 0.122. The molecule has 0 radical (unpaired) electrons. The first kappa shape index (κ1) is 27.3. The standard InChI is InChI=1S/C26H32N8O2.C2H6/c1-20-5-4-6-21(17-20)23-8-10-34(30-23)25-18-24(32-13-15-35-16-14-32)27-26(28-25)36-19-22-7-9-33(29-22)12-11-31(2)3;1-2/h4-10,17-18H,11-16,19H2,1-3H3;1-2H3. The largest absolute Gasteiger partial charge is 0.457 e. The van der Waals surface area contributed by atoms with Crippen molar-refractivity contribution in [3.05, 3.63) is 66.1 Å². The molecule has 202 valence electrons. The lowest BCUT2D eigenvalue weighted by Gasteiger charge is -2.28. The number of aromatic nitrogens is 6. The highest BCUT2D eigenvalue weighted by atomic mass is 16.5. The summed E-state index contributed by atoms with van der Waals surface area (Å²) < 4.78 is 15.2. The van der Waals surface area contributed by atoms with Crippen LogP contribution in [-0.4, -0.2) is 81.4 Å². The molecule has 1 aromatic carbocycles. The Labute approximate surface area is 224 Å². The van der Waals surface area contributed by atoms with Crippen LogP contribution in [0.15, 0.2) is 54.9 Å². The van der Waals surface area contributed by atoms with Crippen molar-refractivity contribution in [2.45, 2.75) is 33.9 Å². The van der Waals surface area contributed by atoms with Crippen LogP contribution in [0.3, 0.4) is 0 Å². The molecule has 10 heteroatoms. The van der Waals surface area contributed by atoms with Gasteiger partial charge < -0.3 is 19.3 Å². The lowest BCUT2D eigenvalue weighted by Crippen LogP contribution is -2.37. The van der Waals surface area contributed by atoms with E-state index < -0.39 is 0 Å². The SMILES string of the molecule is CC.Cc1cccc(-c2ccn(-c3cc(N4CCOCC4)nc(OCc4ccn(CCN(C)C)n4)n3)n2)c1. The Morgan fingerprint density at radius 2 is 1.74 bits per heavy atom. The van der Waals surface area contributed by atoms with Gasteiger partial charge in [0.05, 0.1) is 31.1 Å². The third-order valence-electron chi connectivity index (χ3n) is 5.97. The molecule has 0 aliphatic carbocycles. The highest BCUT2D eigenvalue weighted by molar-refractivity contribution is 5.60. The number of nitrogens with zero attached hydrogens (tertiary/aromatic N) is 8. The highest BCUT2D eigenvalue weighted by Gasteiger charge is 2.17. The van der Waals surface area contributed by atoms with Crippen molar-refractivity contribution in [3.8, 4) is 23.1 Å². The summed E-state index contributed by atoms with van der Waals surface area (Å²) >= 11 is 0. The molecule has 4 heterocycles. The van der Waals surface area contributed by atoms with Gasteiger partial charge in [0.1, 0.15) is 12.4 Å². The lowest BCUT2D eigenvalue weighted by atomic mass is 10.1. The van der Waals surface area contributed by atoms with E-state index >= 15 is 0 Å². The average molecular weight is 519 g/mol. The van der Waals surface area contributed by atoms with E-state index in [1.807, 2.05) is 69.3 Å². The number of aryl methyl sites for hydroxylation is 1. The van der Waals surface area contributed by atoms with Gasteiger partial charge in [-0.05, 0) is 39.2 Å². The van der Waals surface area contributed by atoms with Crippen LogP contribution in [0.25, 0.3) is 17.1 Å². The Bertz CT molecular complexity index is 1290. The van der Waals surface area contributed by atoms with Crippen LogP contribution in [0, 0.1) is 6.92 Å². The van der Waals surface area contributed by atoms with Crippen LogP contribution in [0.1, 0.15) is 25.1 Å². The second-order valence-corrected chi connectivity index (χ2v) is 9.14. The molecule has 0 amide bonds. The smallest absolute Gasteiger partial charge is 0.320 e. The fraction of sp³-hybridized carbons (Fsp3) is 0.429. The highest BCUT2D eigenvalue weighted by Crippen LogP contribution is 2.23. The topological polar surface area (TPSA) is 86.4 Å². The van der Waals surface area contributed by atoms with Crippen LogP contribution < -0.4 is 9.64 Å². The van der Waals surface area contributed by atoms with Crippen molar-refractivity contribution in [1.29, 1.82) is 0 Å². The van der Waals surface area contributed by atoms with Crippen molar-refractivity contribution in [2.24, 2.45) is 0 Å². The molecule has 1 fully saturated rings. The predicted molar refractivity (Wildman–Crippen MR) is 149 cm³/mol. The quantitative estimate of drug-likeness (QED) is 0.330. The van der Waals surface area contributed by atoms with Crippen molar-refractivity contribution in [2.75, 3.05) is 51.8 Å². The van der Waals surface area contributed by atoms with Gasteiger partial charge in [-0.2, -0.15) is 20.2 Å². The summed E-state index contributed by atoms with van der Waals surface area (Å²) in [6, 6.07) is 14.5. The van der Waals surface area contributed by atoms with Crippen LogP contribution in [0.2, 0.25) is 0 Å². The summed E-state index contributed by atoms with van der Waals surface area (Å²) in [6.07, 6.45) is 3.88. The van der Waals surface area contributed by atoms with Gasteiger partial charge >= 0.3 is 6.01 Å². The normalized spacial score (nSPS) is 13.4. The second-order valence-electron chi connectivity index (χ2n) is 9.14. The van der Waals surface area contributed by atoms with Crippen LogP contribution >= 0.6 is 0 Å². The minimum Gasteiger partial charge on any atom is -0.457 e. The molecule has 0 N–H and O–H groups in total. The van der Waals surface area contributed by atoms with E-state index in [9.17, 15) is 0 Å². The number of rotatable bonds is 9. The maximum Gasteiger partial charge on any atom is 0.320 e. The molecular formula is C28H38N8O2. The molecule has 3 aromatic heterocycles. The van der Waals surface area contributed by atoms with E-state index in [0.29, 0.717) is 25.0 Å². The molecule has 0 bridgehead atoms. The monoisotopic (exact) mass is 518 g/mol. The first-order valence-corrected chi connectivity index (χ1v) is 13.2. The molecule has 5 rings (SSSR count). The number of ether oxygens (including phenoxy) is 2. The van der Waals surface area contributed by atoms with Crippen molar-refractivity contribution in [3.63, 3.8) is 0 Å². The summed E-state index contributed by atoms with van der Waals surface area (Å²) in [7, 11) is 4.10. The first-order valence-electron chi connectivity index (χ1n) is 13.2. The van der Waals surface area contributed by atoms with Crippen LogP contribution in [-0.2, 0) is 17.9 Å². The zero-order valence-corrected chi connectivity index (χ0v) is 23.0. The molecule has 1 saturated heterocycles. The number of likely N-dealkylation sites (N-methyl/N-ethyl adjacent to an activating group) is 1. The molecular weight excluding hydrogens is 480 g/mol. The Hall–Kier alpha value is -3.76. The van der Waals surface area contributed by atoms with E-state index in [-0.39, 0.29) is 6.61 Å². The maximum absolute atomic E-state index is 6.02. The van der Waals surface area contributed by atoms with Crippen molar-refractivity contribution >= 4 is 5.82 Å². The molecule has 0 atom stereocenters. The number of hydrogen-bond acceptors (Lipinski definition) is 8. The van der Waals surface area contributed by atoms with E-state index in [0.717, 1.165) is 48.9 Å². The summed E-state index contributed by atoms with van der Waals surface area (Å²) in [5, 5.41) is 9.38. The molecule has 4 aromatic rings. The number of hydrogen-bond donors (Lipinski definition) is 0. The Balaban J connectivity index is 0.00000164. The summed E-state index contributed by atoms with van der Waals surface area (Å²) in [5.41, 5.74) is 3.98. The third-order valence-corrected chi connectivity index (χ3v) is 5.97. The summed E-state index contributed by atoms with van der Waals surface area (Å²) in [5.74, 6) is 1.44. The van der Waals surface area contributed by atoms with Gasteiger partial charge in [0, 0.05) is 43.7 Å². The molecule has 1 aliphatic rings. The number of benzene rings is 1. The van der Waals surface area contributed by atoms with Gasteiger partial charge in [-0.15, -0.1) is 0 Å². The predicted octanol–water partition coefficient (Wildman–Crippen LogP) is 3.84. The zero-order chi connectivity index (χ0) is 26.9. The molecule has 0 unspecified atom stereocenters. The first-order chi connectivity index (χ1) is 18.5. The van der Waals surface area contributed by atoms with Gasteiger partial charge in [0.2, 0.25) is 0 Å². The van der Waals surface area contributed by atoms with Gasteiger partial charge in [0.15, 0.2) is 5.82 Å². The third kappa shape index (κ3) is 7.17. The van der Waals surface area contributed by atoms with Gasteiger partial charge in [-0.3, -0.25) is 4.68 Å². The second kappa shape index (κ2) is 13.2. The molecule has 1 aliphatic heterocycles. The van der Waals surface area contributed by atoms with Crippen molar-refractivity contribution in [1.82, 2.24) is 34.4 Å². The van der Waals surface area contributed by atoms with Crippen LogP contribution in [0.5, 0.6) is 6.01 Å². The number of morpholine rings is 1. The zero-order valence-electron chi connectivity index (χ0n) is 23.0. The number of anilines is 1. The molecule has 38 heavy (non-hydrogen) atoms. The van der Waals surface area contributed by atoms with E-state index in [2.05, 4.69) is 45.0 Å². The Morgan fingerprint density at radius 1 is 0.947 bits per heavy atom. The van der Waals surface area contributed by atoms with E-state index in [4.69, 9.17) is 19.6 Å². The molecule has 0 saturated carbocycles. The van der Waals surface area contributed by atoms with E-state index in [1.165, 1.54) is 5.56 Å². The summed E-state index contributed by atoms with van der Waals surface area (Å²) in [6.45, 7) is 11.0. The molecule has 10 nitrogen and oxygen atoms in total. The minimum absolute atomic E-state index is 0.286. The molecule has 0 spiro atoms. The maximum atomic E-state index is 6.02. The van der Waals surface area contributed by atoms with Gasteiger partial charge in [-0.25, -0.2) is 4.68 Å². The Kier molecular flexibility index (Phi) is 9.45. The van der Waals surface area contributed by atoms with E-state index in [1.54, 1.807) is 4.68 Å². The average Bonchev–Trinajstić information content (AvgIpc) is 3.63. The van der Waals surface area contributed by atoms with Crippen LogP contribution in [0.4, 0.5) is 5.82 Å². The van der Waals surface area contributed by atoms with Gasteiger partial charge in [0.25, 0.3) is 0 Å².